The molecular weight excluding hydrogens is 246 g/mol. The molecule has 1 unspecified atom stereocenters. The second-order valence-corrected chi connectivity index (χ2v) is 5.83. The summed E-state index contributed by atoms with van der Waals surface area (Å²) < 4.78 is 0. The van der Waals surface area contributed by atoms with E-state index in [4.69, 9.17) is 0 Å². The maximum atomic E-state index is 11.7. The monoisotopic (exact) mass is 267 g/mol. The number of amides is 1. The third-order valence-electron chi connectivity index (χ3n) is 3.47. The van der Waals surface area contributed by atoms with Crippen LogP contribution in [0.1, 0.15) is 36.3 Å². The van der Waals surface area contributed by atoms with Crippen molar-refractivity contribution in [2.75, 3.05) is 13.1 Å². The van der Waals surface area contributed by atoms with Crippen LogP contribution in [-0.4, -0.2) is 24.0 Å². The van der Waals surface area contributed by atoms with Gasteiger partial charge in [-0.05, 0) is 45.2 Å². The Morgan fingerprint density at radius 1 is 1.67 bits per heavy atom. The van der Waals surface area contributed by atoms with Crippen LogP contribution in [0.2, 0.25) is 0 Å². The van der Waals surface area contributed by atoms with E-state index >= 15 is 0 Å². The van der Waals surface area contributed by atoms with Crippen molar-refractivity contribution in [3.8, 4) is 0 Å². The molecule has 0 aliphatic carbocycles. The van der Waals surface area contributed by atoms with Crippen molar-refractivity contribution in [3.63, 3.8) is 0 Å². The molecule has 1 aliphatic heterocycles. The highest BCUT2D eigenvalue weighted by Crippen LogP contribution is 2.16. The van der Waals surface area contributed by atoms with Crippen LogP contribution in [0.3, 0.4) is 0 Å². The van der Waals surface area contributed by atoms with Crippen molar-refractivity contribution in [3.05, 3.63) is 16.1 Å². The molecule has 0 aromatic carbocycles. The highest BCUT2D eigenvalue weighted by atomic mass is 32.1. The topological polar surface area (TPSA) is 54.0 Å². The summed E-state index contributed by atoms with van der Waals surface area (Å²) in [6.45, 7) is 4.80. The zero-order valence-corrected chi connectivity index (χ0v) is 11.7. The van der Waals surface area contributed by atoms with Crippen LogP contribution < -0.4 is 10.6 Å². The van der Waals surface area contributed by atoms with Crippen LogP contribution in [0.5, 0.6) is 0 Å². The maximum absolute atomic E-state index is 11.7. The van der Waals surface area contributed by atoms with Gasteiger partial charge >= 0.3 is 0 Å². The number of rotatable bonds is 5. The van der Waals surface area contributed by atoms with E-state index in [0.717, 1.165) is 30.1 Å². The maximum Gasteiger partial charge on any atom is 0.220 e. The van der Waals surface area contributed by atoms with E-state index in [1.165, 1.54) is 12.8 Å². The molecule has 1 aromatic rings. The van der Waals surface area contributed by atoms with E-state index in [0.29, 0.717) is 18.9 Å². The molecule has 1 fully saturated rings. The number of piperidine rings is 1. The molecule has 1 amide bonds. The van der Waals surface area contributed by atoms with Crippen LogP contribution in [0.25, 0.3) is 0 Å². The van der Waals surface area contributed by atoms with Gasteiger partial charge in [-0.15, -0.1) is 11.3 Å². The minimum absolute atomic E-state index is 0.161. The zero-order chi connectivity index (χ0) is 12.8. The molecular formula is C13H21N3OS. The molecule has 4 nitrogen and oxygen atoms in total. The molecule has 0 radical (unpaired) electrons. The Balaban J connectivity index is 1.64. The number of aromatic nitrogens is 1. The average molecular weight is 267 g/mol. The highest BCUT2D eigenvalue weighted by molar-refractivity contribution is 7.09. The van der Waals surface area contributed by atoms with E-state index in [-0.39, 0.29) is 5.91 Å². The summed E-state index contributed by atoms with van der Waals surface area (Å²) in [7, 11) is 0. The summed E-state index contributed by atoms with van der Waals surface area (Å²) in [5.74, 6) is 0.836. The SMILES string of the molecule is Cc1ncsc1CNC(=O)CCC1CCCNC1. The fourth-order valence-corrected chi connectivity index (χ4v) is 2.99. The minimum atomic E-state index is 0.161. The lowest BCUT2D eigenvalue weighted by molar-refractivity contribution is -0.121. The summed E-state index contributed by atoms with van der Waals surface area (Å²) in [6.07, 6.45) is 4.14. The molecule has 0 bridgehead atoms. The predicted molar refractivity (Wildman–Crippen MR) is 73.5 cm³/mol. The van der Waals surface area contributed by atoms with Gasteiger partial charge in [-0.3, -0.25) is 4.79 Å². The fourth-order valence-electron chi connectivity index (χ4n) is 2.27. The van der Waals surface area contributed by atoms with E-state index in [9.17, 15) is 4.79 Å². The normalized spacial score (nSPS) is 19.7. The standard InChI is InChI=1S/C13H21N3OS/c1-10-12(18-9-16-10)8-15-13(17)5-4-11-3-2-6-14-7-11/h9,11,14H,2-8H2,1H3,(H,15,17). The zero-order valence-electron chi connectivity index (χ0n) is 10.9. The number of thiazole rings is 1. The van der Waals surface area contributed by atoms with Crippen LogP contribution in [0.4, 0.5) is 0 Å². The lowest BCUT2D eigenvalue weighted by Gasteiger charge is -2.22. The Kier molecular flexibility index (Phi) is 5.13. The quantitative estimate of drug-likeness (QED) is 0.856. The van der Waals surface area contributed by atoms with Gasteiger partial charge in [0.2, 0.25) is 5.91 Å². The smallest absolute Gasteiger partial charge is 0.220 e. The van der Waals surface area contributed by atoms with Gasteiger partial charge in [-0.2, -0.15) is 0 Å². The fraction of sp³-hybridized carbons (Fsp3) is 0.692. The highest BCUT2D eigenvalue weighted by Gasteiger charge is 2.14. The first-order chi connectivity index (χ1) is 8.75. The number of nitrogens with zero attached hydrogens (tertiary/aromatic N) is 1. The first-order valence-electron chi connectivity index (χ1n) is 6.62. The van der Waals surface area contributed by atoms with Gasteiger partial charge in [0.25, 0.3) is 0 Å². The Morgan fingerprint density at radius 2 is 2.56 bits per heavy atom. The molecule has 1 aliphatic rings. The summed E-state index contributed by atoms with van der Waals surface area (Å²) >= 11 is 1.60. The number of hydrogen-bond donors (Lipinski definition) is 2. The number of aryl methyl sites for hydroxylation is 1. The van der Waals surface area contributed by atoms with Gasteiger partial charge < -0.3 is 10.6 Å². The molecule has 5 heteroatoms. The summed E-state index contributed by atoms with van der Waals surface area (Å²) in [4.78, 5) is 17.1. The Bertz CT molecular complexity index is 385. The summed E-state index contributed by atoms with van der Waals surface area (Å²) in [6, 6.07) is 0. The van der Waals surface area contributed by atoms with Gasteiger partial charge in [-0.1, -0.05) is 0 Å². The third kappa shape index (κ3) is 4.07. The van der Waals surface area contributed by atoms with Gasteiger partial charge in [0.1, 0.15) is 0 Å². The second-order valence-electron chi connectivity index (χ2n) is 4.89. The Morgan fingerprint density at radius 3 is 3.22 bits per heavy atom. The average Bonchev–Trinajstić information content (AvgIpc) is 2.81. The third-order valence-corrected chi connectivity index (χ3v) is 4.40. The van der Waals surface area contributed by atoms with Crippen LogP contribution in [0.15, 0.2) is 5.51 Å². The number of carbonyl (C=O) groups excluding carboxylic acids is 1. The number of carbonyl (C=O) groups is 1. The second kappa shape index (κ2) is 6.85. The van der Waals surface area contributed by atoms with E-state index < -0.39 is 0 Å². The first kappa shape index (κ1) is 13.5. The molecule has 0 saturated carbocycles. The predicted octanol–water partition coefficient (Wildman–Crippen LogP) is 1.85. The van der Waals surface area contributed by atoms with Crippen molar-refractivity contribution in [1.82, 2.24) is 15.6 Å². The first-order valence-corrected chi connectivity index (χ1v) is 7.50. The molecule has 2 heterocycles. The van der Waals surface area contributed by atoms with Crippen molar-refractivity contribution in [1.29, 1.82) is 0 Å². The minimum Gasteiger partial charge on any atom is -0.351 e. The number of nitrogens with one attached hydrogen (secondary N) is 2. The van der Waals surface area contributed by atoms with Gasteiger partial charge in [0.05, 0.1) is 17.7 Å². The van der Waals surface area contributed by atoms with Crippen molar-refractivity contribution >= 4 is 17.2 Å². The molecule has 2 N–H and O–H groups in total. The Hall–Kier alpha value is -0.940. The molecule has 0 spiro atoms. The molecule has 1 aromatic heterocycles. The van der Waals surface area contributed by atoms with Crippen molar-refractivity contribution < 1.29 is 4.79 Å². The van der Waals surface area contributed by atoms with Gasteiger partial charge in [0.15, 0.2) is 0 Å². The lowest BCUT2D eigenvalue weighted by Crippen LogP contribution is -2.31. The van der Waals surface area contributed by atoms with Crippen LogP contribution in [-0.2, 0) is 11.3 Å². The van der Waals surface area contributed by atoms with E-state index in [1.54, 1.807) is 11.3 Å². The molecule has 1 atom stereocenters. The molecule has 100 valence electrons. The summed E-state index contributed by atoms with van der Waals surface area (Å²) in [5.41, 5.74) is 2.85. The van der Waals surface area contributed by atoms with Crippen LogP contribution >= 0.6 is 11.3 Å². The largest absolute Gasteiger partial charge is 0.351 e. The Labute approximate surface area is 112 Å². The molecule has 1 saturated heterocycles. The molecule has 2 rings (SSSR count). The van der Waals surface area contributed by atoms with Crippen molar-refractivity contribution in [2.45, 2.75) is 39.2 Å². The number of hydrogen-bond acceptors (Lipinski definition) is 4. The summed E-state index contributed by atoms with van der Waals surface area (Å²) in [5, 5.41) is 6.36. The van der Waals surface area contributed by atoms with E-state index in [2.05, 4.69) is 15.6 Å². The lowest BCUT2D eigenvalue weighted by atomic mass is 9.94. The van der Waals surface area contributed by atoms with Crippen LogP contribution in [0, 0.1) is 12.8 Å². The van der Waals surface area contributed by atoms with Crippen molar-refractivity contribution in [2.24, 2.45) is 5.92 Å². The van der Waals surface area contributed by atoms with Gasteiger partial charge in [-0.25, -0.2) is 4.98 Å². The van der Waals surface area contributed by atoms with Gasteiger partial charge in [0, 0.05) is 11.3 Å². The molecule has 18 heavy (non-hydrogen) atoms. The van der Waals surface area contributed by atoms with E-state index in [1.807, 2.05) is 12.4 Å².